The number of tetrazole rings is 1. The number of aromatic amines is 1. The first-order valence-corrected chi connectivity index (χ1v) is 13.4. The van der Waals surface area contributed by atoms with Crippen LogP contribution in [-0.2, 0) is 17.8 Å². The quantitative estimate of drug-likeness (QED) is 0.214. The van der Waals surface area contributed by atoms with E-state index >= 15 is 0 Å². The van der Waals surface area contributed by atoms with Crippen molar-refractivity contribution in [2.75, 3.05) is 6.54 Å². The predicted octanol–water partition coefficient (Wildman–Crippen LogP) is 4.81. The molecule has 200 valence electrons. The van der Waals surface area contributed by atoms with Crippen LogP contribution in [0.5, 0.6) is 0 Å². The molecule has 0 radical (unpaired) electrons. The third-order valence-electron chi connectivity index (χ3n) is 6.85. The molecule has 0 saturated carbocycles. The van der Waals surface area contributed by atoms with Gasteiger partial charge in [0.25, 0.3) is 5.91 Å². The number of aromatic nitrogens is 6. The fraction of sp³-hybridized carbons (Fsp3) is 0.310. The summed E-state index contributed by atoms with van der Waals surface area (Å²) < 4.78 is 2.14. The number of amides is 3. The molecular weight excluding hydrogens is 492 g/mol. The molecule has 1 saturated heterocycles. The topological polar surface area (TPSA) is 122 Å². The number of carbonyl (C=O) groups is 2. The second kappa shape index (κ2) is 11.8. The van der Waals surface area contributed by atoms with Crippen LogP contribution in [0.2, 0.25) is 0 Å². The van der Waals surface area contributed by atoms with Gasteiger partial charge in [0.2, 0.25) is 5.82 Å². The Balaban J connectivity index is 1.45. The van der Waals surface area contributed by atoms with Crippen LogP contribution >= 0.6 is 0 Å². The number of H-pyrrole nitrogens is 1. The van der Waals surface area contributed by atoms with Crippen molar-refractivity contribution in [2.45, 2.75) is 52.5 Å². The maximum absolute atomic E-state index is 12.6. The van der Waals surface area contributed by atoms with Crippen LogP contribution in [0.15, 0.2) is 60.4 Å². The third-order valence-corrected chi connectivity index (χ3v) is 6.85. The largest absolute Gasteiger partial charge is 0.329 e. The van der Waals surface area contributed by atoms with Crippen molar-refractivity contribution in [1.29, 1.82) is 0 Å². The molecule has 10 nitrogen and oxygen atoms in total. The van der Waals surface area contributed by atoms with E-state index in [2.05, 4.69) is 73.6 Å². The van der Waals surface area contributed by atoms with Crippen molar-refractivity contribution >= 4 is 18.0 Å². The minimum Gasteiger partial charge on any atom is -0.324 e. The fourth-order valence-corrected chi connectivity index (χ4v) is 4.72. The number of nitrogens with zero attached hydrogens (tertiary/aromatic N) is 6. The molecule has 0 spiro atoms. The summed E-state index contributed by atoms with van der Waals surface area (Å²) >= 11 is 0. The molecule has 4 aromatic rings. The van der Waals surface area contributed by atoms with E-state index in [9.17, 15) is 9.59 Å². The summed E-state index contributed by atoms with van der Waals surface area (Å²) in [4.78, 5) is 31.2. The maximum atomic E-state index is 12.6. The molecule has 3 heterocycles. The Kier molecular flexibility index (Phi) is 7.91. The average Bonchev–Trinajstić information content (AvgIpc) is 3.68. The molecule has 2 aromatic carbocycles. The predicted molar refractivity (Wildman–Crippen MR) is 148 cm³/mol. The highest BCUT2D eigenvalue weighted by molar-refractivity contribution is 6.13. The molecule has 1 aliphatic rings. The van der Waals surface area contributed by atoms with Gasteiger partial charge in [-0.2, -0.15) is 5.21 Å². The third kappa shape index (κ3) is 5.64. The van der Waals surface area contributed by atoms with Gasteiger partial charge in [-0.1, -0.05) is 75.2 Å². The lowest BCUT2D eigenvalue weighted by Gasteiger charge is -2.16. The summed E-state index contributed by atoms with van der Waals surface area (Å²) in [6, 6.07) is 16.0. The molecular formula is C29H32N8O2. The van der Waals surface area contributed by atoms with Crippen LogP contribution in [0.25, 0.3) is 28.6 Å². The van der Waals surface area contributed by atoms with Crippen molar-refractivity contribution in [2.24, 2.45) is 0 Å². The highest BCUT2D eigenvalue weighted by Gasteiger charge is 2.32. The number of urea groups is 1. The minimum absolute atomic E-state index is 0.366. The molecule has 1 aliphatic heterocycles. The number of imidazole rings is 1. The Morgan fingerprint density at radius 1 is 0.949 bits per heavy atom. The number of unbranched alkanes of at least 4 members (excludes halogenated alkanes) is 2. The Labute approximate surface area is 227 Å². The molecule has 0 atom stereocenters. The molecule has 2 aromatic heterocycles. The molecule has 0 bridgehead atoms. The molecule has 10 heteroatoms. The minimum atomic E-state index is -0.372. The van der Waals surface area contributed by atoms with Crippen molar-refractivity contribution in [3.05, 3.63) is 77.5 Å². The Bertz CT molecular complexity index is 1470. The average molecular weight is 525 g/mol. The van der Waals surface area contributed by atoms with Gasteiger partial charge >= 0.3 is 6.03 Å². The van der Waals surface area contributed by atoms with Crippen LogP contribution in [-0.4, -0.2) is 53.6 Å². The van der Waals surface area contributed by atoms with Crippen LogP contribution in [0.1, 0.15) is 56.6 Å². The van der Waals surface area contributed by atoms with Crippen molar-refractivity contribution in [1.82, 2.24) is 40.4 Å². The second-order valence-corrected chi connectivity index (χ2v) is 9.56. The normalized spacial score (nSPS) is 14.4. The second-order valence-electron chi connectivity index (χ2n) is 9.56. The number of rotatable bonds is 11. The van der Waals surface area contributed by atoms with Crippen LogP contribution in [0.4, 0.5) is 4.79 Å². The Hall–Kier alpha value is -4.60. The Morgan fingerprint density at radius 3 is 2.44 bits per heavy atom. The molecule has 5 rings (SSSR count). The maximum Gasteiger partial charge on any atom is 0.329 e. The first kappa shape index (κ1) is 26.0. The number of carbonyl (C=O) groups excluding carboxylic acids is 2. The zero-order valence-electron chi connectivity index (χ0n) is 22.2. The van der Waals surface area contributed by atoms with E-state index in [1.807, 2.05) is 24.3 Å². The van der Waals surface area contributed by atoms with E-state index in [1.165, 1.54) is 4.90 Å². The number of aryl methyl sites for hydroxylation is 1. The molecule has 39 heavy (non-hydrogen) atoms. The molecule has 2 N–H and O–H groups in total. The monoisotopic (exact) mass is 524 g/mol. The van der Waals surface area contributed by atoms with E-state index in [-0.39, 0.29) is 11.9 Å². The van der Waals surface area contributed by atoms with Gasteiger partial charge in [-0.3, -0.25) is 15.0 Å². The Morgan fingerprint density at radius 2 is 1.72 bits per heavy atom. The first-order valence-electron chi connectivity index (χ1n) is 13.4. The van der Waals surface area contributed by atoms with Gasteiger partial charge in [0.15, 0.2) is 0 Å². The van der Waals surface area contributed by atoms with E-state index in [1.54, 1.807) is 12.3 Å². The fourth-order valence-electron chi connectivity index (χ4n) is 4.72. The molecule has 3 amide bonds. The summed E-state index contributed by atoms with van der Waals surface area (Å²) in [6.07, 6.45) is 8.23. The van der Waals surface area contributed by atoms with E-state index in [0.29, 0.717) is 24.6 Å². The van der Waals surface area contributed by atoms with Crippen molar-refractivity contribution < 1.29 is 9.59 Å². The smallest absolute Gasteiger partial charge is 0.324 e. The number of imide groups is 1. The standard InChI is InChI=1S/C29H32N8O2/c1-3-5-11-26-30-18-22(17-25-28(38)31-29(39)36(25)16-6-4-2)37(26)19-20-12-14-21(15-13-20)23-9-7-8-10-24(23)27-32-34-35-33-27/h7-10,12-15,17-18H,3-6,11,16,19H2,1-2H3,(H,31,38,39)(H,32,33,34,35)/b25-17+. The lowest BCUT2D eigenvalue weighted by atomic mass is 9.98. The first-order chi connectivity index (χ1) is 19.1. The van der Waals surface area contributed by atoms with E-state index < -0.39 is 0 Å². The van der Waals surface area contributed by atoms with Gasteiger partial charge in [-0.05, 0) is 40.8 Å². The van der Waals surface area contributed by atoms with Gasteiger partial charge in [0.05, 0.1) is 11.9 Å². The van der Waals surface area contributed by atoms with E-state index in [0.717, 1.165) is 65.9 Å². The van der Waals surface area contributed by atoms with Crippen LogP contribution < -0.4 is 5.32 Å². The van der Waals surface area contributed by atoms with Gasteiger partial charge in [-0.15, -0.1) is 10.2 Å². The van der Waals surface area contributed by atoms with E-state index in [4.69, 9.17) is 0 Å². The highest BCUT2D eigenvalue weighted by Crippen LogP contribution is 2.30. The lowest BCUT2D eigenvalue weighted by Crippen LogP contribution is -2.28. The summed E-state index contributed by atoms with van der Waals surface area (Å²) in [6.45, 7) is 5.31. The van der Waals surface area contributed by atoms with Crippen LogP contribution in [0.3, 0.4) is 0 Å². The lowest BCUT2D eigenvalue weighted by molar-refractivity contribution is -0.116. The van der Waals surface area contributed by atoms with Crippen LogP contribution in [0, 0.1) is 0 Å². The zero-order valence-corrected chi connectivity index (χ0v) is 22.2. The summed E-state index contributed by atoms with van der Waals surface area (Å²) in [7, 11) is 0. The summed E-state index contributed by atoms with van der Waals surface area (Å²) in [5.74, 6) is 1.14. The number of hydrogen-bond donors (Lipinski definition) is 2. The molecule has 0 unspecified atom stereocenters. The van der Waals surface area contributed by atoms with Gasteiger partial charge < -0.3 is 4.57 Å². The van der Waals surface area contributed by atoms with Crippen molar-refractivity contribution in [3.8, 4) is 22.5 Å². The zero-order chi connectivity index (χ0) is 27.2. The summed E-state index contributed by atoms with van der Waals surface area (Å²) in [5.41, 5.74) is 5.23. The molecule has 0 aliphatic carbocycles. The number of benzene rings is 2. The highest BCUT2D eigenvalue weighted by atomic mass is 16.2. The number of nitrogens with one attached hydrogen (secondary N) is 2. The van der Waals surface area contributed by atoms with Gasteiger partial charge in [-0.25, -0.2) is 9.78 Å². The number of hydrogen-bond acceptors (Lipinski definition) is 6. The van der Waals surface area contributed by atoms with Gasteiger partial charge in [0, 0.05) is 25.1 Å². The summed E-state index contributed by atoms with van der Waals surface area (Å²) in [5, 5.41) is 16.9. The molecule has 1 fully saturated rings. The van der Waals surface area contributed by atoms with Gasteiger partial charge in [0.1, 0.15) is 11.5 Å². The van der Waals surface area contributed by atoms with Crippen molar-refractivity contribution in [3.63, 3.8) is 0 Å². The SMILES string of the molecule is CCCCc1ncc(/C=C2\C(=O)NC(=O)N2CCCC)n1Cc1ccc(-c2ccccc2-c2nn[nH]n2)cc1.